The number of rotatable bonds is 6. The Bertz CT molecular complexity index is 139. The molecule has 0 fully saturated rings. The minimum Gasteiger partial charge on any atom is -0.481 e. The summed E-state index contributed by atoms with van der Waals surface area (Å²) in [5, 5.41) is 26.0. The fourth-order valence-corrected chi connectivity index (χ4v) is 0.946. The molecule has 0 radical (unpaired) electrons. The van der Waals surface area contributed by atoms with Crippen molar-refractivity contribution in [1.82, 2.24) is 0 Å². The summed E-state index contributed by atoms with van der Waals surface area (Å²) in [6, 6.07) is 0. The topological polar surface area (TPSA) is 104 Å². The van der Waals surface area contributed by atoms with E-state index in [-0.39, 0.29) is 13.0 Å². The van der Waals surface area contributed by atoms with E-state index in [1.54, 1.807) is 0 Å². The number of carboxylic acids is 1. The smallest absolute Gasteiger partial charge is 0.306 e. The van der Waals surface area contributed by atoms with Gasteiger partial charge in [-0.3, -0.25) is 4.79 Å². The molecule has 2 unspecified atom stereocenters. The molecule has 12 heavy (non-hydrogen) atoms. The van der Waals surface area contributed by atoms with Crippen LogP contribution in [0.5, 0.6) is 0 Å². The van der Waals surface area contributed by atoms with Crippen LogP contribution in [0, 0.1) is 5.92 Å². The van der Waals surface area contributed by atoms with Crippen molar-refractivity contribution in [2.24, 2.45) is 11.7 Å². The van der Waals surface area contributed by atoms with E-state index in [0.717, 1.165) is 0 Å². The van der Waals surface area contributed by atoms with Gasteiger partial charge in [0.25, 0.3) is 0 Å². The van der Waals surface area contributed by atoms with Crippen molar-refractivity contribution in [3.8, 4) is 0 Å². The highest BCUT2D eigenvalue weighted by molar-refractivity contribution is 5.69. The van der Waals surface area contributed by atoms with Crippen LogP contribution in [0.15, 0.2) is 0 Å². The van der Waals surface area contributed by atoms with Gasteiger partial charge in [-0.25, -0.2) is 0 Å². The Labute approximate surface area is 70.8 Å². The second-order valence-corrected chi connectivity index (χ2v) is 2.68. The Morgan fingerprint density at radius 3 is 2.42 bits per heavy atom. The van der Waals surface area contributed by atoms with Crippen LogP contribution in [0.4, 0.5) is 0 Å². The average molecular weight is 177 g/mol. The van der Waals surface area contributed by atoms with Crippen LogP contribution in [0.1, 0.15) is 12.8 Å². The van der Waals surface area contributed by atoms with Crippen LogP contribution in [0.2, 0.25) is 0 Å². The molecule has 0 aromatic rings. The zero-order valence-corrected chi connectivity index (χ0v) is 6.81. The van der Waals surface area contributed by atoms with E-state index in [0.29, 0.717) is 6.42 Å². The van der Waals surface area contributed by atoms with Crippen LogP contribution >= 0.6 is 0 Å². The molecule has 0 heterocycles. The van der Waals surface area contributed by atoms with Gasteiger partial charge in [0.05, 0.1) is 18.6 Å². The third kappa shape index (κ3) is 4.27. The summed E-state index contributed by atoms with van der Waals surface area (Å²) < 4.78 is 0. The summed E-state index contributed by atoms with van der Waals surface area (Å²) >= 11 is 0. The van der Waals surface area contributed by atoms with Crippen molar-refractivity contribution in [3.63, 3.8) is 0 Å². The van der Waals surface area contributed by atoms with E-state index >= 15 is 0 Å². The Morgan fingerprint density at radius 1 is 1.50 bits per heavy atom. The molecule has 0 saturated heterocycles. The summed E-state index contributed by atoms with van der Waals surface area (Å²) in [6.07, 6.45) is -0.576. The van der Waals surface area contributed by atoms with Crippen LogP contribution < -0.4 is 5.73 Å². The average Bonchev–Trinajstić information content (AvgIpc) is 2.03. The second-order valence-electron chi connectivity index (χ2n) is 2.68. The summed E-state index contributed by atoms with van der Waals surface area (Å²) in [7, 11) is 0. The van der Waals surface area contributed by atoms with Gasteiger partial charge in [0, 0.05) is 0 Å². The highest BCUT2D eigenvalue weighted by atomic mass is 16.4. The number of carboxylic acid groups (broad SMARTS) is 1. The van der Waals surface area contributed by atoms with E-state index in [4.69, 9.17) is 21.1 Å². The summed E-state index contributed by atoms with van der Waals surface area (Å²) in [6.45, 7) is -0.135. The fraction of sp³-hybridized carbons (Fsp3) is 0.857. The standard InChI is InChI=1S/C7H15NO4/c8-2-1-5(7(11)12)3-6(10)4-9/h5-6,9-10H,1-4,8H2,(H,11,12). The van der Waals surface area contributed by atoms with Crippen molar-refractivity contribution < 1.29 is 20.1 Å². The molecule has 0 spiro atoms. The minimum absolute atomic E-state index is 0.0586. The maximum Gasteiger partial charge on any atom is 0.306 e. The fourth-order valence-electron chi connectivity index (χ4n) is 0.946. The molecule has 0 bridgehead atoms. The third-order valence-corrected chi connectivity index (χ3v) is 1.63. The molecule has 0 aromatic carbocycles. The van der Waals surface area contributed by atoms with Crippen LogP contribution in [0.3, 0.4) is 0 Å². The number of aliphatic hydroxyl groups excluding tert-OH is 2. The lowest BCUT2D eigenvalue weighted by Crippen LogP contribution is -2.25. The van der Waals surface area contributed by atoms with Crippen molar-refractivity contribution in [1.29, 1.82) is 0 Å². The maximum absolute atomic E-state index is 10.5. The lowest BCUT2D eigenvalue weighted by molar-refractivity contribution is -0.143. The molecule has 0 amide bonds. The number of carbonyl (C=O) groups is 1. The number of aliphatic hydroxyl groups is 2. The van der Waals surface area contributed by atoms with Crippen LogP contribution in [-0.4, -0.2) is 40.5 Å². The molecule has 0 aliphatic heterocycles. The first-order valence-electron chi connectivity index (χ1n) is 3.83. The molecule has 72 valence electrons. The van der Waals surface area contributed by atoms with E-state index in [2.05, 4.69) is 0 Å². The second kappa shape index (κ2) is 5.93. The van der Waals surface area contributed by atoms with Gasteiger partial charge < -0.3 is 21.1 Å². The van der Waals surface area contributed by atoms with E-state index in [9.17, 15) is 4.79 Å². The number of nitrogens with two attached hydrogens (primary N) is 1. The SMILES string of the molecule is NCCC(CC(O)CO)C(=O)O. The van der Waals surface area contributed by atoms with Gasteiger partial charge in [0.2, 0.25) is 0 Å². The zero-order valence-electron chi connectivity index (χ0n) is 6.81. The van der Waals surface area contributed by atoms with E-state index in [1.807, 2.05) is 0 Å². The zero-order chi connectivity index (χ0) is 9.56. The van der Waals surface area contributed by atoms with Gasteiger partial charge in [-0.1, -0.05) is 0 Å². The molecule has 5 nitrogen and oxygen atoms in total. The first-order chi connectivity index (χ1) is 5.61. The maximum atomic E-state index is 10.5. The first kappa shape index (κ1) is 11.4. The molecule has 0 rings (SSSR count). The van der Waals surface area contributed by atoms with Gasteiger partial charge in [0.1, 0.15) is 0 Å². The third-order valence-electron chi connectivity index (χ3n) is 1.63. The molecule has 2 atom stereocenters. The predicted octanol–water partition coefficient (Wildman–Crippen LogP) is -1.22. The van der Waals surface area contributed by atoms with E-state index < -0.39 is 24.6 Å². The number of hydrogen-bond donors (Lipinski definition) is 4. The summed E-state index contributed by atoms with van der Waals surface area (Å²) in [5.74, 6) is -1.63. The molecule has 0 aliphatic carbocycles. The Hall–Kier alpha value is -0.650. The van der Waals surface area contributed by atoms with Gasteiger partial charge in [-0.05, 0) is 19.4 Å². The Morgan fingerprint density at radius 2 is 2.08 bits per heavy atom. The molecule has 5 heteroatoms. The summed E-state index contributed by atoms with van der Waals surface area (Å²) in [4.78, 5) is 10.5. The molecular formula is C7H15NO4. The Balaban J connectivity index is 3.86. The Kier molecular flexibility index (Phi) is 5.61. The van der Waals surface area contributed by atoms with Crippen LogP contribution in [-0.2, 0) is 4.79 Å². The van der Waals surface area contributed by atoms with Crippen molar-refractivity contribution in [2.75, 3.05) is 13.2 Å². The van der Waals surface area contributed by atoms with Crippen LogP contribution in [0.25, 0.3) is 0 Å². The largest absolute Gasteiger partial charge is 0.481 e. The lowest BCUT2D eigenvalue weighted by Gasteiger charge is -2.13. The highest BCUT2D eigenvalue weighted by Crippen LogP contribution is 2.10. The predicted molar refractivity (Wildman–Crippen MR) is 42.5 cm³/mol. The van der Waals surface area contributed by atoms with Gasteiger partial charge in [-0.15, -0.1) is 0 Å². The van der Waals surface area contributed by atoms with E-state index in [1.165, 1.54) is 0 Å². The molecule has 5 N–H and O–H groups in total. The first-order valence-corrected chi connectivity index (χ1v) is 3.83. The van der Waals surface area contributed by atoms with Crippen molar-refractivity contribution in [3.05, 3.63) is 0 Å². The molecule has 0 aliphatic rings. The minimum atomic E-state index is -0.979. The lowest BCUT2D eigenvalue weighted by atomic mass is 9.98. The number of hydrogen-bond acceptors (Lipinski definition) is 4. The van der Waals surface area contributed by atoms with Crippen molar-refractivity contribution in [2.45, 2.75) is 18.9 Å². The monoisotopic (exact) mass is 177 g/mol. The number of aliphatic carboxylic acids is 1. The molecular weight excluding hydrogens is 162 g/mol. The van der Waals surface area contributed by atoms with Gasteiger partial charge in [0.15, 0.2) is 0 Å². The van der Waals surface area contributed by atoms with Gasteiger partial charge >= 0.3 is 5.97 Å². The molecule has 0 saturated carbocycles. The normalized spacial score (nSPS) is 15.6. The van der Waals surface area contributed by atoms with Gasteiger partial charge in [-0.2, -0.15) is 0 Å². The quantitative estimate of drug-likeness (QED) is 0.407. The summed E-state index contributed by atoms with van der Waals surface area (Å²) in [5.41, 5.74) is 5.18. The van der Waals surface area contributed by atoms with Crippen molar-refractivity contribution >= 4 is 5.97 Å². The molecule has 0 aromatic heterocycles. The highest BCUT2D eigenvalue weighted by Gasteiger charge is 2.19.